The monoisotopic (exact) mass is 508 g/mol. The molecule has 2 aromatic carbocycles. The molecule has 2 unspecified atom stereocenters. The number of aryl methyl sites for hydroxylation is 1. The second kappa shape index (κ2) is 8.74. The quantitative estimate of drug-likeness (QED) is 0.580. The largest absolute Gasteiger partial charge is 0.397 e. The van der Waals surface area contributed by atoms with Crippen LogP contribution in [0.3, 0.4) is 0 Å². The third kappa shape index (κ3) is 3.97. The predicted octanol–water partition coefficient (Wildman–Crippen LogP) is 3.58. The minimum Gasteiger partial charge on any atom is -0.270 e. The van der Waals surface area contributed by atoms with E-state index in [2.05, 4.69) is 44.5 Å². The fourth-order valence-corrected chi connectivity index (χ4v) is 5.09. The van der Waals surface area contributed by atoms with Crippen molar-refractivity contribution >= 4 is 45.4 Å². The zero-order valence-corrected chi connectivity index (χ0v) is 20.4. The SMILES string of the molecule is CC1CN(c2ccc(Br)cc2)C2=[N+](C1)C1C(=O)N(CCCc3ccccc3)C(=O)N(C)C1=N2. The number of amidine groups is 1. The molecule has 3 heterocycles. The second-order valence-electron chi connectivity index (χ2n) is 8.94. The number of halogens is 1. The Morgan fingerprint density at radius 3 is 2.55 bits per heavy atom. The van der Waals surface area contributed by atoms with Crippen molar-refractivity contribution in [1.29, 1.82) is 0 Å². The van der Waals surface area contributed by atoms with Gasteiger partial charge >= 0.3 is 12.0 Å². The smallest absolute Gasteiger partial charge is 0.270 e. The van der Waals surface area contributed by atoms with Crippen molar-refractivity contribution in [2.24, 2.45) is 10.9 Å². The first-order valence-electron chi connectivity index (χ1n) is 11.3. The maximum Gasteiger partial charge on any atom is 0.397 e. The highest BCUT2D eigenvalue weighted by atomic mass is 79.9. The van der Waals surface area contributed by atoms with Crippen LogP contribution in [-0.4, -0.2) is 70.8 Å². The molecule has 0 bridgehead atoms. The Balaban J connectivity index is 1.41. The summed E-state index contributed by atoms with van der Waals surface area (Å²) in [5.74, 6) is 1.43. The van der Waals surface area contributed by atoms with Gasteiger partial charge in [-0.15, -0.1) is 0 Å². The number of likely N-dealkylation sites (N-methyl/N-ethyl adjacent to an activating group) is 1. The fourth-order valence-electron chi connectivity index (χ4n) is 4.83. The van der Waals surface area contributed by atoms with Gasteiger partial charge in [-0.2, -0.15) is 0 Å². The summed E-state index contributed by atoms with van der Waals surface area (Å²) in [6.07, 6.45) is 1.55. The van der Waals surface area contributed by atoms with E-state index in [1.54, 1.807) is 11.9 Å². The van der Waals surface area contributed by atoms with E-state index in [4.69, 9.17) is 4.99 Å². The number of urea groups is 1. The number of imide groups is 1. The number of nitrogens with zero attached hydrogens (tertiary/aromatic N) is 5. The van der Waals surface area contributed by atoms with Crippen molar-refractivity contribution in [3.05, 3.63) is 64.6 Å². The lowest BCUT2D eigenvalue weighted by Gasteiger charge is -2.35. The average Bonchev–Trinajstić information content (AvgIpc) is 3.20. The molecule has 1 fully saturated rings. The Morgan fingerprint density at radius 1 is 1.09 bits per heavy atom. The van der Waals surface area contributed by atoms with Gasteiger partial charge in [-0.3, -0.25) is 14.6 Å². The van der Waals surface area contributed by atoms with Crippen molar-refractivity contribution in [3.63, 3.8) is 0 Å². The lowest BCUT2D eigenvalue weighted by atomic mass is 10.1. The molecule has 0 radical (unpaired) electrons. The first-order chi connectivity index (χ1) is 15.9. The first kappa shape index (κ1) is 21.8. The van der Waals surface area contributed by atoms with E-state index in [0.29, 0.717) is 18.3 Å². The molecule has 5 rings (SSSR count). The maximum atomic E-state index is 13.6. The van der Waals surface area contributed by atoms with E-state index < -0.39 is 6.04 Å². The number of guanidine groups is 1. The van der Waals surface area contributed by atoms with E-state index in [9.17, 15) is 9.59 Å². The summed E-state index contributed by atoms with van der Waals surface area (Å²) in [5.41, 5.74) is 2.23. The summed E-state index contributed by atoms with van der Waals surface area (Å²) in [6.45, 7) is 4.12. The lowest BCUT2D eigenvalue weighted by Crippen LogP contribution is -2.63. The summed E-state index contributed by atoms with van der Waals surface area (Å²) < 4.78 is 3.08. The lowest BCUT2D eigenvalue weighted by molar-refractivity contribution is -0.545. The summed E-state index contributed by atoms with van der Waals surface area (Å²) in [5, 5.41) is 0. The average molecular weight is 509 g/mol. The Morgan fingerprint density at radius 2 is 1.82 bits per heavy atom. The van der Waals surface area contributed by atoms with Crippen LogP contribution in [0.2, 0.25) is 0 Å². The van der Waals surface area contributed by atoms with Crippen LogP contribution in [0, 0.1) is 5.92 Å². The van der Waals surface area contributed by atoms with E-state index >= 15 is 0 Å². The van der Waals surface area contributed by atoms with Crippen LogP contribution in [0.15, 0.2) is 64.1 Å². The number of hydrogen-bond acceptors (Lipinski definition) is 4. The van der Waals surface area contributed by atoms with Crippen molar-refractivity contribution < 1.29 is 14.2 Å². The molecule has 2 aromatic rings. The van der Waals surface area contributed by atoms with Gasteiger partial charge < -0.3 is 0 Å². The zero-order valence-electron chi connectivity index (χ0n) is 18.8. The van der Waals surface area contributed by atoms with Gasteiger partial charge in [-0.05, 0) is 42.7 Å². The minimum atomic E-state index is -0.555. The van der Waals surface area contributed by atoms with Crippen molar-refractivity contribution in [2.75, 3.05) is 31.6 Å². The summed E-state index contributed by atoms with van der Waals surface area (Å²) in [4.78, 5) is 36.6. The molecule has 3 amide bonds. The van der Waals surface area contributed by atoms with Crippen LogP contribution < -0.4 is 4.90 Å². The molecule has 0 N–H and O–H groups in total. The van der Waals surface area contributed by atoms with Gasteiger partial charge in [0.15, 0.2) is 0 Å². The standard InChI is InChI=1S/C25H27BrN5O2/c1-17-15-30(20-12-10-19(26)11-13-20)24-27-22-21(31(24)16-17)23(32)29(25(33)28(22)2)14-6-9-18-7-4-3-5-8-18/h3-5,7-8,10-13,17,21H,6,9,14-16H2,1-2H3/q+1. The summed E-state index contributed by atoms with van der Waals surface area (Å²) in [6, 6.07) is 17.4. The van der Waals surface area contributed by atoms with Gasteiger partial charge in [0.1, 0.15) is 5.69 Å². The second-order valence-corrected chi connectivity index (χ2v) is 9.85. The molecular formula is C25H27BrN5O2+. The van der Waals surface area contributed by atoms with E-state index in [1.807, 2.05) is 42.5 Å². The van der Waals surface area contributed by atoms with Crippen LogP contribution >= 0.6 is 15.9 Å². The number of amides is 3. The van der Waals surface area contributed by atoms with Crippen LogP contribution in [0.5, 0.6) is 0 Å². The number of rotatable bonds is 5. The van der Waals surface area contributed by atoms with Crippen molar-refractivity contribution in [1.82, 2.24) is 9.80 Å². The van der Waals surface area contributed by atoms with E-state index in [1.165, 1.54) is 10.5 Å². The topological polar surface area (TPSA) is 59.2 Å². The number of aliphatic imine (C=N–C) groups is 1. The normalized spacial score (nSPS) is 22.5. The van der Waals surface area contributed by atoms with Gasteiger partial charge in [0.05, 0.1) is 13.1 Å². The number of benzene rings is 2. The van der Waals surface area contributed by atoms with E-state index in [0.717, 1.165) is 42.1 Å². The predicted molar refractivity (Wildman–Crippen MR) is 132 cm³/mol. The zero-order chi connectivity index (χ0) is 23.1. The highest BCUT2D eigenvalue weighted by Crippen LogP contribution is 2.29. The Bertz CT molecular complexity index is 1150. The molecule has 3 aliphatic heterocycles. The third-order valence-corrected chi connectivity index (χ3v) is 6.99. The molecule has 3 aliphatic rings. The molecule has 8 heteroatoms. The van der Waals surface area contributed by atoms with Crippen LogP contribution in [0.4, 0.5) is 10.5 Å². The summed E-state index contributed by atoms with van der Waals surface area (Å²) >= 11 is 3.49. The van der Waals surface area contributed by atoms with Crippen LogP contribution in [0.25, 0.3) is 0 Å². The molecule has 170 valence electrons. The highest BCUT2D eigenvalue weighted by molar-refractivity contribution is 9.10. The molecule has 0 aromatic heterocycles. The van der Waals surface area contributed by atoms with Gasteiger partial charge in [0, 0.05) is 24.0 Å². The molecule has 0 spiro atoms. The number of fused-ring (bicyclic) bond motifs is 2. The van der Waals surface area contributed by atoms with Gasteiger partial charge in [0.25, 0.3) is 5.91 Å². The molecular weight excluding hydrogens is 482 g/mol. The Hall–Kier alpha value is -3.00. The van der Waals surface area contributed by atoms with Crippen LogP contribution in [-0.2, 0) is 11.2 Å². The highest BCUT2D eigenvalue weighted by Gasteiger charge is 2.54. The number of hydrogen-bond donors (Lipinski definition) is 0. The van der Waals surface area contributed by atoms with Crippen molar-refractivity contribution in [3.8, 4) is 0 Å². The summed E-state index contributed by atoms with van der Waals surface area (Å²) in [7, 11) is 1.72. The van der Waals surface area contributed by atoms with Gasteiger partial charge in [-0.25, -0.2) is 14.3 Å². The molecule has 2 atom stereocenters. The molecule has 33 heavy (non-hydrogen) atoms. The fraction of sp³-hybridized carbons (Fsp3) is 0.360. The maximum absolute atomic E-state index is 13.6. The van der Waals surface area contributed by atoms with Gasteiger partial charge in [-0.1, -0.05) is 58.2 Å². The first-order valence-corrected chi connectivity index (χ1v) is 12.1. The Kier molecular flexibility index (Phi) is 5.78. The van der Waals surface area contributed by atoms with E-state index in [-0.39, 0.29) is 11.9 Å². The Labute approximate surface area is 202 Å². The number of anilines is 1. The minimum absolute atomic E-state index is 0.176. The molecule has 1 saturated heterocycles. The van der Waals surface area contributed by atoms with Crippen LogP contribution in [0.1, 0.15) is 18.9 Å². The van der Waals surface area contributed by atoms with Crippen molar-refractivity contribution in [2.45, 2.75) is 25.8 Å². The number of carbonyl (C=O) groups excluding carboxylic acids is 2. The third-order valence-electron chi connectivity index (χ3n) is 6.46. The molecule has 7 nitrogen and oxygen atoms in total. The van der Waals surface area contributed by atoms with Gasteiger partial charge in [0.2, 0.25) is 11.9 Å². The number of carbonyl (C=O) groups is 2. The molecule has 0 aliphatic carbocycles. The molecule has 0 saturated carbocycles.